The third kappa shape index (κ3) is 4.02. The standard InChI is InChI=1S/C21H26N2O3S2/c24-21(20-19(10-15-27-20)28(25,26)23-11-4-5-12-23)22-13-8-18(9-14-22)16-17-6-2-1-3-7-17/h1-3,6-7,10,15,18H,4-5,8-9,11-14,16H2. The number of carbonyl (C=O) groups excluding carboxylic acids is 1. The van der Waals surface area contributed by atoms with Crippen LogP contribution in [0.3, 0.4) is 0 Å². The molecule has 7 heteroatoms. The normalized spacial score (nSPS) is 19.2. The van der Waals surface area contributed by atoms with E-state index in [1.54, 1.807) is 11.4 Å². The Kier molecular flexibility index (Phi) is 5.85. The number of likely N-dealkylation sites (tertiary alicyclic amines) is 1. The van der Waals surface area contributed by atoms with Gasteiger partial charge in [0.25, 0.3) is 5.91 Å². The fraction of sp³-hybridized carbons (Fsp3) is 0.476. The lowest BCUT2D eigenvalue weighted by Gasteiger charge is -2.32. The Morgan fingerprint density at radius 3 is 2.36 bits per heavy atom. The minimum Gasteiger partial charge on any atom is -0.338 e. The number of rotatable bonds is 5. The second kappa shape index (κ2) is 8.35. The van der Waals surface area contributed by atoms with Crippen LogP contribution in [0.25, 0.3) is 0 Å². The molecule has 150 valence electrons. The summed E-state index contributed by atoms with van der Waals surface area (Å²) >= 11 is 1.24. The number of piperidine rings is 1. The fourth-order valence-corrected chi connectivity index (χ4v) is 7.03. The van der Waals surface area contributed by atoms with Gasteiger partial charge in [-0.3, -0.25) is 4.79 Å². The van der Waals surface area contributed by atoms with Crippen molar-refractivity contribution >= 4 is 27.3 Å². The molecule has 2 aromatic rings. The highest BCUT2D eigenvalue weighted by molar-refractivity contribution is 7.89. The van der Waals surface area contributed by atoms with Gasteiger partial charge in [0.15, 0.2) is 0 Å². The molecule has 0 aliphatic carbocycles. The highest BCUT2D eigenvalue weighted by Gasteiger charge is 2.34. The van der Waals surface area contributed by atoms with Gasteiger partial charge in [-0.1, -0.05) is 30.3 Å². The zero-order valence-electron chi connectivity index (χ0n) is 15.9. The highest BCUT2D eigenvalue weighted by Crippen LogP contribution is 2.30. The van der Waals surface area contributed by atoms with Crippen LogP contribution in [0, 0.1) is 5.92 Å². The molecule has 0 spiro atoms. The molecule has 28 heavy (non-hydrogen) atoms. The maximum atomic E-state index is 13.1. The summed E-state index contributed by atoms with van der Waals surface area (Å²) in [6, 6.07) is 12.0. The molecule has 4 rings (SSSR count). The number of sulfonamides is 1. The minimum atomic E-state index is -3.56. The third-order valence-electron chi connectivity index (χ3n) is 5.78. The number of benzene rings is 1. The van der Waals surface area contributed by atoms with Crippen LogP contribution in [0.2, 0.25) is 0 Å². The SMILES string of the molecule is O=C(c1sccc1S(=O)(=O)N1CCCC1)N1CCC(Cc2ccccc2)CC1. The number of thiophene rings is 1. The van der Waals surface area contributed by atoms with Gasteiger partial charge in [0, 0.05) is 26.2 Å². The van der Waals surface area contributed by atoms with E-state index >= 15 is 0 Å². The van der Waals surface area contributed by atoms with Crippen LogP contribution in [0.5, 0.6) is 0 Å². The number of carbonyl (C=O) groups is 1. The Morgan fingerprint density at radius 1 is 1.00 bits per heavy atom. The Bertz CT molecular complexity index is 910. The van der Waals surface area contributed by atoms with E-state index in [1.807, 2.05) is 11.0 Å². The molecule has 0 bridgehead atoms. The van der Waals surface area contributed by atoms with Crippen molar-refractivity contribution in [2.45, 2.75) is 37.0 Å². The van der Waals surface area contributed by atoms with Gasteiger partial charge in [-0.2, -0.15) is 4.31 Å². The summed E-state index contributed by atoms with van der Waals surface area (Å²) in [5.74, 6) is 0.438. The van der Waals surface area contributed by atoms with Gasteiger partial charge in [0.05, 0.1) is 0 Å². The largest absolute Gasteiger partial charge is 0.338 e. The lowest BCUT2D eigenvalue weighted by molar-refractivity contribution is 0.0692. The van der Waals surface area contributed by atoms with Gasteiger partial charge >= 0.3 is 0 Å². The van der Waals surface area contributed by atoms with Crippen molar-refractivity contribution in [3.63, 3.8) is 0 Å². The zero-order chi connectivity index (χ0) is 19.6. The maximum absolute atomic E-state index is 13.1. The van der Waals surface area contributed by atoms with Gasteiger partial charge < -0.3 is 4.90 Å². The van der Waals surface area contributed by atoms with E-state index in [1.165, 1.54) is 21.2 Å². The molecule has 0 radical (unpaired) electrons. The molecule has 2 saturated heterocycles. The third-order valence-corrected chi connectivity index (χ3v) is 8.75. The molecule has 1 aromatic carbocycles. The summed E-state index contributed by atoms with van der Waals surface area (Å²) in [5, 5.41) is 1.72. The molecule has 2 fully saturated rings. The van der Waals surface area contributed by atoms with E-state index < -0.39 is 10.0 Å². The molecule has 1 aromatic heterocycles. The van der Waals surface area contributed by atoms with Crippen LogP contribution >= 0.6 is 11.3 Å². The lowest BCUT2D eigenvalue weighted by atomic mass is 9.90. The van der Waals surface area contributed by atoms with Crippen LogP contribution < -0.4 is 0 Å². The number of hydrogen-bond donors (Lipinski definition) is 0. The smallest absolute Gasteiger partial charge is 0.265 e. The molecule has 2 aliphatic heterocycles. The van der Waals surface area contributed by atoms with Crippen LogP contribution in [0.4, 0.5) is 0 Å². The predicted molar refractivity (Wildman–Crippen MR) is 111 cm³/mol. The quantitative estimate of drug-likeness (QED) is 0.745. The molecule has 1 amide bonds. The molecular weight excluding hydrogens is 392 g/mol. The van der Waals surface area contributed by atoms with E-state index in [-0.39, 0.29) is 10.8 Å². The monoisotopic (exact) mass is 418 g/mol. The molecule has 2 aliphatic rings. The number of nitrogens with zero attached hydrogens (tertiary/aromatic N) is 2. The summed E-state index contributed by atoms with van der Waals surface area (Å²) in [5.41, 5.74) is 1.34. The number of hydrogen-bond acceptors (Lipinski definition) is 4. The average molecular weight is 419 g/mol. The van der Waals surface area contributed by atoms with Crippen molar-refractivity contribution in [1.82, 2.24) is 9.21 Å². The zero-order valence-corrected chi connectivity index (χ0v) is 17.6. The van der Waals surface area contributed by atoms with Crippen molar-refractivity contribution in [3.05, 3.63) is 52.2 Å². The topological polar surface area (TPSA) is 57.7 Å². The van der Waals surface area contributed by atoms with Gasteiger partial charge in [-0.05, 0) is 55.0 Å². The summed E-state index contributed by atoms with van der Waals surface area (Å²) in [7, 11) is -3.56. The van der Waals surface area contributed by atoms with Gasteiger partial charge in [0.2, 0.25) is 10.0 Å². The van der Waals surface area contributed by atoms with E-state index in [0.29, 0.717) is 37.0 Å². The van der Waals surface area contributed by atoms with E-state index in [2.05, 4.69) is 24.3 Å². The summed E-state index contributed by atoms with van der Waals surface area (Å²) in [6.07, 6.45) is 4.74. The predicted octanol–water partition coefficient (Wildman–Crippen LogP) is 3.63. The first-order valence-electron chi connectivity index (χ1n) is 9.96. The van der Waals surface area contributed by atoms with Crippen molar-refractivity contribution in [2.75, 3.05) is 26.2 Å². The molecule has 3 heterocycles. The number of amides is 1. The molecule has 0 atom stereocenters. The van der Waals surface area contributed by atoms with Crippen LogP contribution in [0.15, 0.2) is 46.7 Å². The second-order valence-corrected chi connectivity index (χ2v) is 10.5. The molecule has 0 N–H and O–H groups in total. The van der Waals surface area contributed by atoms with Crippen LogP contribution in [-0.2, 0) is 16.4 Å². The Morgan fingerprint density at radius 2 is 1.68 bits per heavy atom. The first kappa shape index (κ1) is 19.6. The average Bonchev–Trinajstić information content (AvgIpc) is 3.41. The molecule has 5 nitrogen and oxygen atoms in total. The summed E-state index contributed by atoms with van der Waals surface area (Å²) < 4.78 is 27.4. The molecule has 0 saturated carbocycles. The van der Waals surface area contributed by atoms with Crippen LogP contribution in [0.1, 0.15) is 40.9 Å². The lowest BCUT2D eigenvalue weighted by Crippen LogP contribution is -2.39. The fourth-order valence-electron chi connectivity index (χ4n) is 4.16. The Hall–Kier alpha value is -1.70. The maximum Gasteiger partial charge on any atom is 0.265 e. The second-order valence-electron chi connectivity index (χ2n) is 7.65. The summed E-state index contributed by atoms with van der Waals surface area (Å²) in [4.78, 5) is 15.5. The van der Waals surface area contributed by atoms with E-state index in [0.717, 1.165) is 32.1 Å². The Balaban J connectivity index is 1.42. The van der Waals surface area contributed by atoms with Gasteiger partial charge in [0.1, 0.15) is 9.77 Å². The van der Waals surface area contributed by atoms with Crippen molar-refractivity contribution in [3.8, 4) is 0 Å². The van der Waals surface area contributed by atoms with Crippen LogP contribution in [-0.4, -0.2) is 49.7 Å². The van der Waals surface area contributed by atoms with E-state index in [9.17, 15) is 13.2 Å². The van der Waals surface area contributed by atoms with Crippen molar-refractivity contribution < 1.29 is 13.2 Å². The van der Waals surface area contributed by atoms with Crippen molar-refractivity contribution in [2.24, 2.45) is 5.92 Å². The first-order valence-corrected chi connectivity index (χ1v) is 12.3. The van der Waals surface area contributed by atoms with Gasteiger partial charge in [-0.25, -0.2) is 8.42 Å². The van der Waals surface area contributed by atoms with Crippen molar-refractivity contribution in [1.29, 1.82) is 0 Å². The summed E-state index contributed by atoms with van der Waals surface area (Å²) in [6.45, 7) is 2.49. The highest BCUT2D eigenvalue weighted by atomic mass is 32.2. The molecule has 0 unspecified atom stereocenters. The van der Waals surface area contributed by atoms with E-state index in [4.69, 9.17) is 0 Å². The Labute approximate surface area is 171 Å². The molecular formula is C21H26N2O3S2. The first-order chi connectivity index (χ1) is 13.6. The van der Waals surface area contributed by atoms with Gasteiger partial charge in [-0.15, -0.1) is 11.3 Å². The minimum absolute atomic E-state index is 0.133.